The molecule has 3 N–H and O–H groups in total. The summed E-state index contributed by atoms with van der Waals surface area (Å²) in [6.07, 6.45) is 0.892. The summed E-state index contributed by atoms with van der Waals surface area (Å²) < 4.78 is 0.907. The van der Waals surface area contributed by atoms with E-state index >= 15 is 0 Å². The van der Waals surface area contributed by atoms with Crippen LogP contribution in [0.25, 0.3) is 0 Å². The van der Waals surface area contributed by atoms with Gasteiger partial charge >= 0.3 is 0 Å². The van der Waals surface area contributed by atoms with E-state index in [2.05, 4.69) is 21.2 Å². The van der Waals surface area contributed by atoms with Crippen LogP contribution in [0.2, 0.25) is 0 Å². The molecule has 0 radical (unpaired) electrons. The van der Waals surface area contributed by atoms with Crippen molar-refractivity contribution in [2.45, 2.75) is 33.2 Å². The highest BCUT2D eigenvalue weighted by molar-refractivity contribution is 9.10. The van der Waals surface area contributed by atoms with Crippen LogP contribution >= 0.6 is 15.9 Å². The Morgan fingerprint density at radius 1 is 1.53 bits per heavy atom. The summed E-state index contributed by atoms with van der Waals surface area (Å²) in [5, 5.41) is 2.86. The molecule has 1 aromatic rings. The molecule has 0 saturated heterocycles. The average molecular weight is 299 g/mol. The summed E-state index contributed by atoms with van der Waals surface area (Å²) in [4.78, 5) is 11.9. The van der Waals surface area contributed by atoms with Gasteiger partial charge in [-0.05, 0) is 40.4 Å². The molecule has 1 amide bonds. The lowest BCUT2D eigenvalue weighted by Crippen LogP contribution is -2.40. The molecular formula is C13H19BrN2O. The van der Waals surface area contributed by atoms with Gasteiger partial charge in [0.1, 0.15) is 0 Å². The number of benzene rings is 1. The Hall–Kier alpha value is -0.870. The minimum atomic E-state index is -0.465. The van der Waals surface area contributed by atoms with Crippen LogP contribution in [0, 0.1) is 12.8 Å². The number of amides is 1. The summed E-state index contributed by atoms with van der Waals surface area (Å²) in [5.41, 5.74) is 7.74. The average Bonchev–Trinajstić information content (AvgIpc) is 2.32. The molecule has 0 spiro atoms. The Balaban J connectivity index is 2.78. The van der Waals surface area contributed by atoms with Gasteiger partial charge in [-0.2, -0.15) is 0 Å². The first-order chi connectivity index (χ1) is 7.97. The number of carbonyl (C=O) groups is 1. The van der Waals surface area contributed by atoms with Gasteiger partial charge < -0.3 is 11.1 Å². The number of halogens is 1. The highest BCUT2D eigenvalue weighted by Crippen LogP contribution is 2.26. The van der Waals surface area contributed by atoms with E-state index in [0.717, 1.165) is 22.1 Å². The Morgan fingerprint density at radius 3 is 2.76 bits per heavy atom. The van der Waals surface area contributed by atoms with Gasteiger partial charge in [-0.25, -0.2) is 0 Å². The molecule has 0 saturated carbocycles. The Bertz CT molecular complexity index is 406. The fraction of sp³-hybridized carbons (Fsp3) is 0.462. The van der Waals surface area contributed by atoms with Gasteiger partial charge in [0, 0.05) is 4.47 Å². The van der Waals surface area contributed by atoms with E-state index in [-0.39, 0.29) is 11.8 Å². The molecule has 3 nitrogen and oxygen atoms in total. The van der Waals surface area contributed by atoms with Gasteiger partial charge in [0.25, 0.3) is 0 Å². The SMILES string of the molecule is CCC(C)C(N)C(=O)Nc1cccc(C)c1Br. The minimum Gasteiger partial charge on any atom is -0.324 e. The van der Waals surface area contributed by atoms with Gasteiger partial charge in [0.2, 0.25) is 5.91 Å². The lowest BCUT2D eigenvalue weighted by Gasteiger charge is -2.18. The first kappa shape index (κ1) is 14.2. The number of anilines is 1. The predicted octanol–water partition coefficient (Wildman–Crippen LogP) is 3.07. The molecule has 0 aliphatic heterocycles. The Labute approximate surface area is 111 Å². The topological polar surface area (TPSA) is 55.1 Å². The maximum atomic E-state index is 11.9. The molecule has 1 aromatic carbocycles. The summed E-state index contributed by atoms with van der Waals surface area (Å²) in [7, 11) is 0. The van der Waals surface area contributed by atoms with Crippen molar-refractivity contribution in [1.82, 2.24) is 0 Å². The van der Waals surface area contributed by atoms with Gasteiger partial charge in [0.15, 0.2) is 0 Å². The summed E-state index contributed by atoms with van der Waals surface area (Å²) in [6.45, 7) is 5.99. The first-order valence-electron chi connectivity index (χ1n) is 5.79. The molecule has 0 bridgehead atoms. The Kier molecular flexibility index (Phi) is 5.15. The van der Waals surface area contributed by atoms with Crippen LogP contribution in [0.15, 0.2) is 22.7 Å². The summed E-state index contributed by atoms with van der Waals surface area (Å²) in [5.74, 6) is 0.0456. The van der Waals surface area contributed by atoms with Crippen LogP contribution in [-0.4, -0.2) is 11.9 Å². The summed E-state index contributed by atoms with van der Waals surface area (Å²) in [6, 6.07) is 5.28. The molecule has 94 valence electrons. The lowest BCUT2D eigenvalue weighted by molar-refractivity contribution is -0.118. The third-order valence-corrected chi connectivity index (χ3v) is 4.06. The summed E-state index contributed by atoms with van der Waals surface area (Å²) >= 11 is 3.46. The van der Waals surface area contributed by atoms with Crippen molar-refractivity contribution in [3.8, 4) is 0 Å². The Morgan fingerprint density at radius 2 is 2.18 bits per heavy atom. The predicted molar refractivity (Wildman–Crippen MR) is 74.9 cm³/mol. The second kappa shape index (κ2) is 6.17. The van der Waals surface area contributed by atoms with Crippen LogP contribution in [-0.2, 0) is 4.79 Å². The molecule has 0 heterocycles. The molecule has 0 aromatic heterocycles. The smallest absolute Gasteiger partial charge is 0.241 e. The van der Waals surface area contributed by atoms with Crippen molar-refractivity contribution in [3.63, 3.8) is 0 Å². The number of rotatable bonds is 4. The fourth-order valence-electron chi connectivity index (χ4n) is 1.47. The second-order valence-corrected chi connectivity index (χ2v) is 5.13. The first-order valence-corrected chi connectivity index (χ1v) is 6.58. The van der Waals surface area contributed by atoms with E-state index in [4.69, 9.17) is 5.73 Å². The maximum Gasteiger partial charge on any atom is 0.241 e. The minimum absolute atomic E-state index is 0.134. The van der Waals surface area contributed by atoms with Crippen LogP contribution in [0.5, 0.6) is 0 Å². The van der Waals surface area contributed by atoms with Gasteiger partial charge in [-0.15, -0.1) is 0 Å². The van der Waals surface area contributed by atoms with Gasteiger partial charge in [-0.3, -0.25) is 4.79 Å². The van der Waals surface area contributed by atoms with Gasteiger partial charge in [0.05, 0.1) is 11.7 Å². The van der Waals surface area contributed by atoms with Gasteiger partial charge in [-0.1, -0.05) is 32.4 Å². The van der Waals surface area contributed by atoms with Crippen LogP contribution in [0.3, 0.4) is 0 Å². The van der Waals surface area contributed by atoms with E-state index in [1.54, 1.807) is 0 Å². The molecule has 2 atom stereocenters. The number of carbonyl (C=O) groups excluding carboxylic acids is 1. The maximum absolute atomic E-state index is 11.9. The van der Waals surface area contributed by atoms with E-state index in [1.165, 1.54) is 0 Å². The molecule has 17 heavy (non-hydrogen) atoms. The molecular weight excluding hydrogens is 280 g/mol. The van der Waals surface area contributed by atoms with Crippen LogP contribution in [0.1, 0.15) is 25.8 Å². The normalized spacial score (nSPS) is 14.2. The number of aryl methyl sites for hydroxylation is 1. The third-order valence-electron chi connectivity index (χ3n) is 3.01. The molecule has 4 heteroatoms. The van der Waals surface area contributed by atoms with Crippen LogP contribution in [0.4, 0.5) is 5.69 Å². The van der Waals surface area contributed by atoms with E-state index in [9.17, 15) is 4.79 Å². The van der Waals surface area contributed by atoms with Crippen molar-refractivity contribution in [1.29, 1.82) is 0 Å². The fourth-order valence-corrected chi connectivity index (χ4v) is 1.84. The van der Waals surface area contributed by atoms with E-state index in [0.29, 0.717) is 0 Å². The third kappa shape index (κ3) is 3.54. The lowest BCUT2D eigenvalue weighted by atomic mass is 9.99. The second-order valence-electron chi connectivity index (χ2n) is 4.34. The molecule has 0 aliphatic carbocycles. The zero-order valence-corrected chi connectivity index (χ0v) is 12.0. The highest BCUT2D eigenvalue weighted by Gasteiger charge is 2.20. The standard InChI is InChI=1S/C13H19BrN2O/c1-4-8(2)12(15)13(17)16-10-7-5-6-9(3)11(10)14/h5-8,12H,4,15H2,1-3H3,(H,16,17). The van der Waals surface area contributed by atoms with Crippen molar-refractivity contribution in [3.05, 3.63) is 28.2 Å². The largest absolute Gasteiger partial charge is 0.324 e. The monoisotopic (exact) mass is 298 g/mol. The van der Waals surface area contributed by atoms with Crippen molar-refractivity contribution in [2.75, 3.05) is 5.32 Å². The van der Waals surface area contributed by atoms with E-state index < -0.39 is 6.04 Å². The highest BCUT2D eigenvalue weighted by atomic mass is 79.9. The number of hydrogen-bond donors (Lipinski definition) is 2. The zero-order valence-electron chi connectivity index (χ0n) is 10.5. The molecule has 2 unspecified atom stereocenters. The quantitative estimate of drug-likeness (QED) is 0.897. The number of nitrogens with two attached hydrogens (primary N) is 1. The number of hydrogen-bond acceptors (Lipinski definition) is 2. The molecule has 1 rings (SSSR count). The van der Waals surface area contributed by atoms with Crippen molar-refractivity contribution < 1.29 is 4.79 Å². The zero-order chi connectivity index (χ0) is 13.0. The van der Waals surface area contributed by atoms with E-state index in [1.807, 2.05) is 39.0 Å². The molecule has 0 aliphatic rings. The van der Waals surface area contributed by atoms with Crippen molar-refractivity contribution >= 4 is 27.5 Å². The van der Waals surface area contributed by atoms with Crippen LogP contribution < -0.4 is 11.1 Å². The van der Waals surface area contributed by atoms with Crippen molar-refractivity contribution in [2.24, 2.45) is 11.7 Å². The number of nitrogens with one attached hydrogen (secondary N) is 1. The molecule has 0 fully saturated rings.